The van der Waals surface area contributed by atoms with Crippen LogP contribution >= 0.6 is 0 Å². The van der Waals surface area contributed by atoms with Crippen LogP contribution < -0.4 is 10.6 Å². The molecule has 6 nitrogen and oxygen atoms in total. The number of nitrogens with one attached hydrogen (secondary N) is 2. The fourth-order valence-corrected chi connectivity index (χ4v) is 2.29. The molecule has 0 bridgehead atoms. The third-order valence-electron chi connectivity index (χ3n) is 3.81. The Hall–Kier alpha value is -1.92. The molecule has 3 amide bonds. The van der Waals surface area contributed by atoms with E-state index in [1.54, 1.807) is 6.07 Å². The lowest BCUT2D eigenvalue weighted by Gasteiger charge is -2.19. The molecule has 0 unspecified atom stereocenters. The number of aryl methyl sites for hydroxylation is 2. The third-order valence-corrected chi connectivity index (χ3v) is 3.81. The summed E-state index contributed by atoms with van der Waals surface area (Å²) in [7, 11) is 0. The van der Waals surface area contributed by atoms with E-state index < -0.39 is 6.03 Å². The number of nitrogens with zero attached hydrogens (tertiary/aromatic N) is 1. The van der Waals surface area contributed by atoms with Crippen LogP contribution in [0.25, 0.3) is 0 Å². The van der Waals surface area contributed by atoms with Crippen molar-refractivity contribution in [3.63, 3.8) is 0 Å². The molecule has 0 saturated heterocycles. The molecule has 1 aliphatic rings. The van der Waals surface area contributed by atoms with Crippen molar-refractivity contribution >= 4 is 17.6 Å². The smallest absolute Gasteiger partial charge is 0.325 e. The van der Waals surface area contributed by atoms with E-state index in [0.717, 1.165) is 24.0 Å². The van der Waals surface area contributed by atoms with Gasteiger partial charge in [0.25, 0.3) is 0 Å². The topological polar surface area (TPSA) is 81.7 Å². The van der Waals surface area contributed by atoms with Crippen LogP contribution in [0.1, 0.15) is 24.0 Å². The SMILES string of the molecule is Cc1ccc(NC(=O)NC(=O)CN(CCO)C2CC2)cc1C. The normalized spacial score (nSPS) is 14.0. The van der Waals surface area contributed by atoms with Gasteiger partial charge < -0.3 is 10.4 Å². The first-order valence-corrected chi connectivity index (χ1v) is 7.52. The van der Waals surface area contributed by atoms with Gasteiger partial charge in [0.1, 0.15) is 0 Å². The molecule has 0 atom stereocenters. The van der Waals surface area contributed by atoms with E-state index in [4.69, 9.17) is 5.11 Å². The molecule has 0 spiro atoms. The van der Waals surface area contributed by atoms with Crippen LogP contribution in [-0.2, 0) is 4.79 Å². The van der Waals surface area contributed by atoms with Crippen molar-refractivity contribution in [2.24, 2.45) is 0 Å². The maximum absolute atomic E-state index is 11.9. The molecule has 1 fully saturated rings. The first-order chi connectivity index (χ1) is 10.5. The number of urea groups is 1. The maximum atomic E-state index is 11.9. The van der Waals surface area contributed by atoms with Crippen molar-refractivity contribution in [3.05, 3.63) is 29.3 Å². The second-order valence-electron chi connectivity index (χ2n) is 5.73. The summed E-state index contributed by atoms with van der Waals surface area (Å²) in [6.45, 7) is 4.56. The molecule has 1 aromatic carbocycles. The zero-order valence-corrected chi connectivity index (χ0v) is 13.1. The van der Waals surface area contributed by atoms with Crippen LogP contribution in [0, 0.1) is 13.8 Å². The van der Waals surface area contributed by atoms with Crippen molar-refractivity contribution in [2.45, 2.75) is 32.7 Å². The monoisotopic (exact) mass is 305 g/mol. The average molecular weight is 305 g/mol. The van der Waals surface area contributed by atoms with E-state index in [1.807, 2.05) is 30.9 Å². The summed E-state index contributed by atoms with van der Waals surface area (Å²) in [5, 5.41) is 14.0. The molecule has 1 aliphatic carbocycles. The zero-order chi connectivity index (χ0) is 16.1. The van der Waals surface area contributed by atoms with Gasteiger partial charge in [0.05, 0.1) is 13.2 Å². The molecule has 2 rings (SSSR count). The number of aliphatic hydroxyl groups excluding tert-OH is 1. The van der Waals surface area contributed by atoms with E-state index in [0.29, 0.717) is 18.3 Å². The van der Waals surface area contributed by atoms with Crippen LogP contribution in [0.2, 0.25) is 0 Å². The van der Waals surface area contributed by atoms with Crippen LogP contribution in [0.3, 0.4) is 0 Å². The number of rotatable bonds is 6. The van der Waals surface area contributed by atoms with Crippen molar-refractivity contribution < 1.29 is 14.7 Å². The van der Waals surface area contributed by atoms with E-state index in [9.17, 15) is 9.59 Å². The van der Waals surface area contributed by atoms with Crippen LogP contribution in [0.5, 0.6) is 0 Å². The predicted molar refractivity (Wildman–Crippen MR) is 84.8 cm³/mol. The number of imide groups is 1. The molecule has 0 aromatic heterocycles. The van der Waals surface area contributed by atoms with Crippen molar-refractivity contribution in [2.75, 3.05) is 25.0 Å². The molecule has 120 valence electrons. The van der Waals surface area contributed by atoms with Gasteiger partial charge in [-0.3, -0.25) is 15.0 Å². The Morgan fingerprint density at radius 2 is 2.00 bits per heavy atom. The molecule has 1 aromatic rings. The maximum Gasteiger partial charge on any atom is 0.325 e. The second kappa shape index (κ2) is 7.38. The molecule has 22 heavy (non-hydrogen) atoms. The van der Waals surface area contributed by atoms with Gasteiger partial charge in [-0.2, -0.15) is 0 Å². The summed E-state index contributed by atoms with van der Waals surface area (Å²) in [5.74, 6) is -0.360. The molecule has 3 N–H and O–H groups in total. The minimum absolute atomic E-state index is 0.0125. The number of carbonyl (C=O) groups excluding carboxylic acids is 2. The first-order valence-electron chi connectivity index (χ1n) is 7.52. The number of hydrogen-bond donors (Lipinski definition) is 3. The minimum atomic E-state index is -0.534. The highest BCUT2D eigenvalue weighted by Crippen LogP contribution is 2.26. The van der Waals surface area contributed by atoms with Crippen LogP contribution in [-0.4, -0.2) is 47.7 Å². The van der Waals surface area contributed by atoms with Gasteiger partial charge in [0.2, 0.25) is 5.91 Å². The molecule has 0 heterocycles. The molecular formula is C16H23N3O3. The highest BCUT2D eigenvalue weighted by Gasteiger charge is 2.30. The van der Waals surface area contributed by atoms with Crippen LogP contribution in [0.15, 0.2) is 18.2 Å². The number of anilines is 1. The Balaban J connectivity index is 1.82. The number of carbonyl (C=O) groups is 2. The Bertz CT molecular complexity index is 556. The van der Waals surface area contributed by atoms with Crippen LogP contribution in [0.4, 0.5) is 10.5 Å². The molecular weight excluding hydrogens is 282 g/mol. The van der Waals surface area contributed by atoms with Crippen molar-refractivity contribution in [3.8, 4) is 0 Å². The van der Waals surface area contributed by atoms with Gasteiger partial charge in [-0.15, -0.1) is 0 Å². The number of amides is 3. The largest absolute Gasteiger partial charge is 0.395 e. The lowest BCUT2D eigenvalue weighted by Crippen LogP contribution is -2.43. The Morgan fingerprint density at radius 3 is 2.59 bits per heavy atom. The summed E-state index contributed by atoms with van der Waals surface area (Å²) in [6, 6.07) is 5.41. The minimum Gasteiger partial charge on any atom is -0.395 e. The number of benzene rings is 1. The van der Waals surface area contributed by atoms with Gasteiger partial charge in [0.15, 0.2) is 0 Å². The van der Waals surface area contributed by atoms with Gasteiger partial charge in [-0.25, -0.2) is 4.79 Å². The first kappa shape index (κ1) is 16.5. The fourth-order valence-electron chi connectivity index (χ4n) is 2.29. The lowest BCUT2D eigenvalue weighted by atomic mass is 10.1. The van der Waals surface area contributed by atoms with E-state index >= 15 is 0 Å². The van der Waals surface area contributed by atoms with Crippen molar-refractivity contribution in [1.29, 1.82) is 0 Å². The second-order valence-corrected chi connectivity index (χ2v) is 5.73. The number of hydrogen-bond acceptors (Lipinski definition) is 4. The third kappa shape index (κ3) is 4.82. The summed E-state index contributed by atoms with van der Waals surface area (Å²) in [6.07, 6.45) is 2.09. The quantitative estimate of drug-likeness (QED) is 0.742. The standard InChI is InChI=1S/C16H23N3O3/c1-11-3-4-13(9-12(11)2)17-16(22)18-15(21)10-19(7-8-20)14-5-6-14/h3-4,9,14,20H,5-8,10H2,1-2H3,(H2,17,18,21,22). The lowest BCUT2D eigenvalue weighted by molar-refractivity contribution is -0.121. The van der Waals surface area contributed by atoms with E-state index in [-0.39, 0.29) is 19.1 Å². The molecule has 6 heteroatoms. The highest BCUT2D eigenvalue weighted by molar-refractivity contribution is 6.01. The summed E-state index contributed by atoms with van der Waals surface area (Å²) in [4.78, 5) is 25.6. The average Bonchev–Trinajstić information content (AvgIpc) is 3.26. The highest BCUT2D eigenvalue weighted by atomic mass is 16.3. The Morgan fingerprint density at radius 1 is 1.27 bits per heavy atom. The van der Waals surface area contributed by atoms with E-state index in [2.05, 4.69) is 10.6 Å². The van der Waals surface area contributed by atoms with Gasteiger partial charge in [0, 0.05) is 18.3 Å². The predicted octanol–water partition coefficient (Wildman–Crippen LogP) is 1.41. The Kier molecular flexibility index (Phi) is 5.51. The van der Waals surface area contributed by atoms with E-state index in [1.165, 1.54) is 0 Å². The zero-order valence-electron chi connectivity index (χ0n) is 13.1. The van der Waals surface area contributed by atoms with Crippen molar-refractivity contribution in [1.82, 2.24) is 10.2 Å². The molecule has 1 saturated carbocycles. The summed E-state index contributed by atoms with van der Waals surface area (Å²) >= 11 is 0. The van der Waals surface area contributed by atoms with Gasteiger partial charge in [-0.05, 0) is 49.9 Å². The molecule has 0 radical (unpaired) electrons. The number of aliphatic hydroxyl groups is 1. The van der Waals surface area contributed by atoms with Gasteiger partial charge >= 0.3 is 6.03 Å². The molecule has 0 aliphatic heterocycles. The Labute approximate surface area is 130 Å². The summed E-state index contributed by atoms with van der Waals surface area (Å²) in [5.41, 5.74) is 2.88. The van der Waals surface area contributed by atoms with Gasteiger partial charge in [-0.1, -0.05) is 6.07 Å². The summed E-state index contributed by atoms with van der Waals surface area (Å²) < 4.78 is 0. The fraction of sp³-hybridized carbons (Fsp3) is 0.500.